The van der Waals surface area contributed by atoms with Crippen molar-refractivity contribution in [1.82, 2.24) is 5.32 Å². The van der Waals surface area contributed by atoms with E-state index in [1.165, 1.54) is 16.9 Å². The molecule has 0 aliphatic heterocycles. The second-order valence-corrected chi connectivity index (χ2v) is 6.81. The summed E-state index contributed by atoms with van der Waals surface area (Å²) in [6.45, 7) is 5.56. The van der Waals surface area contributed by atoms with E-state index in [0.29, 0.717) is 12.6 Å². The number of thiophene rings is 1. The molecule has 0 saturated heterocycles. The van der Waals surface area contributed by atoms with Crippen LogP contribution in [0.4, 0.5) is 0 Å². The zero-order valence-electron chi connectivity index (χ0n) is 12.5. The monoisotopic (exact) mass is 325 g/mol. The summed E-state index contributed by atoms with van der Waals surface area (Å²) in [5, 5.41) is 3.38. The normalized spacial score (nSPS) is 10.9. The van der Waals surface area contributed by atoms with E-state index in [1.807, 2.05) is 24.3 Å². The Labute approximate surface area is 134 Å². The van der Waals surface area contributed by atoms with E-state index >= 15 is 0 Å². The summed E-state index contributed by atoms with van der Waals surface area (Å²) < 4.78 is 12.0. The maximum absolute atomic E-state index is 5.91. The summed E-state index contributed by atoms with van der Waals surface area (Å²) in [6.07, 6.45) is 0. The van der Waals surface area contributed by atoms with Crippen molar-refractivity contribution in [1.29, 1.82) is 0 Å². The van der Waals surface area contributed by atoms with Crippen LogP contribution in [0.15, 0.2) is 30.3 Å². The van der Waals surface area contributed by atoms with Gasteiger partial charge in [0.05, 0.1) is 11.4 Å². The smallest absolute Gasteiger partial charge is 0.161 e. The molecule has 2 aromatic rings. The van der Waals surface area contributed by atoms with Crippen molar-refractivity contribution in [2.45, 2.75) is 33.0 Å². The first-order valence-electron chi connectivity index (χ1n) is 6.86. The Bertz CT molecular complexity index is 583. The van der Waals surface area contributed by atoms with E-state index in [2.05, 4.69) is 25.2 Å². The highest BCUT2D eigenvalue weighted by Crippen LogP contribution is 2.30. The molecule has 0 aliphatic carbocycles. The Balaban J connectivity index is 2.01. The SMILES string of the molecule is COc1cc(CNC(C)C)ccc1OCc1ccc(Cl)s1. The van der Waals surface area contributed by atoms with Crippen molar-refractivity contribution < 1.29 is 9.47 Å². The second kappa shape index (κ2) is 7.69. The standard InChI is InChI=1S/C16H20ClNO2S/c1-11(2)18-9-12-4-6-14(15(8-12)19-3)20-10-13-5-7-16(17)21-13/h4-8,11,18H,9-10H2,1-3H3. The van der Waals surface area contributed by atoms with Gasteiger partial charge in [0, 0.05) is 17.5 Å². The molecule has 0 aliphatic rings. The number of hydrogen-bond donors (Lipinski definition) is 1. The molecule has 3 nitrogen and oxygen atoms in total. The fourth-order valence-electron chi connectivity index (χ4n) is 1.84. The molecule has 2 rings (SSSR count). The third-order valence-corrected chi connectivity index (χ3v) is 4.15. The number of ether oxygens (including phenoxy) is 2. The number of rotatable bonds is 7. The molecule has 1 aromatic carbocycles. The number of hydrogen-bond acceptors (Lipinski definition) is 4. The summed E-state index contributed by atoms with van der Waals surface area (Å²) in [7, 11) is 1.66. The molecule has 0 atom stereocenters. The molecular weight excluding hydrogens is 306 g/mol. The quantitative estimate of drug-likeness (QED) is 0.813. The van der Waals surface area contributed by atoms with Crippen LogP contribution in [0.25, 0.3) is 0 Å². The van der Waals surface area contributed by atoms with Crippen molar-refractivity contribution in [3.8, 4) is 11.5 Å². The first kappa shape index (κ1) is 16.1. The molecule has 0 fully saturated rings. The average Bonchev–Trinajstić information content (AvgIpc) is 2.88. The lowest BCUT2D eigenvalue weighted by Crippen LogP contribution is -2.21. The third kappa shape index (κ3) is 4.92. The third-order valence-electron chi connectivity index (χ3n) is 2.94. The summed E-state index contributed by atoms with van der Waals surface area (Å²) in [5.74, 6) is 1.50. The molecule has 5 heteroatoms. The van der Waals surface area contributed by atoms with Crippen LogP contribution in [0, 0.1) is 0 Å². The van der Waals surface area contributed by atoms with Crippen LogP contribution in [0.5, 0.6) is 11.5 Å². The summed E-state index contributed by atoms with van der Waals surface area (Å²) >= 11 is 7.44. The van der Waals surface area contributed by atoms with Crippen molar-refractivity contribution >= 4 is 22.9 Å². The van der Waals surface area contributed by atoms with Gasteiger partial charge < -0.3 is 14.8 Å². The second-order valence-electron chi connectivity index (χ2n) is 5.02. The number of halogens is 1. The molecule has 1 N–H and O–H groups in total. The van der Waals surface area contributed by atoms with Crippen LogP contribution in [-0.4, -0.2) is 13.2 Å². The molecule has 0 spiro atoms. The highest BCUT2D eigenvalue weighted by Gasteiger charge is 2.07. The Morgan fingerprint density at radius 2 is 2.00 bits per heavy atom. The largest absolute Gasteiger partial charge is 0.493 e. The summed E-state index contributed by atoms with van der Waals surface area (Å²) in [6, 6.07) is 10.3. The van der Waals surface area contributed by atoms with E-state index in [1.54, 1.807) is 7.11 Å². The van der Waals surface area contributed by atoms with Crippen LogP contribution in [0.3, 0.4) is 0 Å². The van der Waals surface area contributed by atoms with Gasteiger partial charge in [0.2, 0.25) is 0 Å². The van der Waals surface area contributed by atoms with E-state index < -0.39 is 0 Å². The first-order chi connectivity index (χ1) is 10.1. The van der Waals surface area contributed by atoms with Crippen molar-refractivity contribution in [2.24, 2.45) is 0 Å². The lowest BCUT2D eigenvalue weighted by molar-refractivity contribution is 0.287. The minimum atomic E-state index is 0.454. The highest BCUT2D eigenvalue weighted by atomic mass is 35.5. The Hall–Kier alpha value is -1.23. The topological polar surface area (TPSA) is 30.5 Å². The van der Waals surface area contributed by atoms with Gasteiger partial charge in [0.15, 0.2) is 11.5 Å². The highest BCUT2D eigenvalue weighted by molar-refractivity contribution is 7.16. The van der Waals surface area contributed by atoms with Gasteiger partial charge in [-0.2, -0.15) is 0 Å². The first-order valence-corrected chi connectivity index (χ1v) is 8.05. The van der Waals surface area contributed by atoms with E-state index in [9.17, 15) is 0 Å². The maximum Gasteiger partial charge on any atom is 0.161 e. The van der Waals surface area contributed by atoms with Crippen LogP contribution in [0.1, 0.15) is 24.3 Å². The molecule has 114 valence electrons. The molecular formula is C16H20ClNO2S. The van der Waals surface area contributed by atoms with Gasteiger partial charge in [-0.15, -0.1) is 11.3 Å². The van der Waals surface area contributed by atoms with Gasteiger partial charge in [-0.25, -0.2) is 0 Å². The Kier molecular flexibility index (Phi) is 5.91. The van der Waals surface area contributed by atoms with Crippen LogP contribution in [-0.2, 0) is 13.2 Å². The van der Waals surface area contributed by atoms with Crippen molar-refractivity contribution in [2.75, 3.05) is 7.11 Å². The molecule has 0 unspecified atom stereocenters. The van der Waals surface area contributed by atoms with E-state index in [-0.39, 0.29) is 0 Å². The van der Waals surface area contributed by atoms with Gasteiger partial charge in [-0.1, -0.05) is 31.5 Å². The number of benzene rings is 1. The molecule has 1 heterocycles. The summed E-state index contributed by atoms with van der Waals surface area (Å²) in [4.78, 5) is 1.09. The van der Waals surface area contributed by atoms with Crippen LogP contribution in [0.2, 0.25) is 4.34 Å². The van der Waals surface area contributed by atoms with Gasteiger partial charge >= 0.3 is 0 Å². The zero-order valence-corrected chi connectivity index (χ0v) is 14.1. The lowest BCUT2D eigenvalue weighted by atomic mass is 10.2. The van der Waals surface area contributed by atoms with Crippen LogP contribution >= 0.6 is 22.9 Å². The predicted octanol–water partition coefficient (Wildman–Crippen LogP) is 4.49. The predicted molar refractivity (Wildman–Crippen MR) is 88.6 cm³/mol. The summed E-state index contributed by atoms with van der Waals surface area (Å²) in [5.41, 5.74) is 1.17. The lowest BCUT2D eigenvalue weighted by Gasteiger charge is -2.13. The molecule has 0 bridgehead atoms. The maximum atomic E-state index is 5.91. The minimum Gasteiger partial charge on any atom is -0.493 e. The van der Waals surface area contributed by atoms with Crippen LogP contribution < -0.4 is 14.8 Å². The molecule has 0 saturated carbocycles. The van der Waals surface area contributed by atoms with Crippen molar-refractivity contribution in [3.63, 3.8) is 0 Å². The molecule has 0 amide bonds. The van der Waals surface area contributed by atoms with Gasteiger partial charge in [0.25, 0.3) is 0 Å². The molecule has 1 aromatic heterocycles. The minimum absolute atomic E-state index is 0.454. The average molecular weight is 326 g/mol. The van der Waals surface area contributed by atoms with E-state index in [4.69, 9.17) is 21.1 Å². The van der Waals surface area contributed by atoms with E-state index in [0.717, 1.165) is 27.3 Å². The molecule has 0 radical (unpaired) electrons. The molecule has 21 heavy (non-hydrogen) atoms. The van der Waals surface area contributed by atoms with Gasteiger partial charge in [-0.3, -0.25) is 0 Å². The van der Waals surface area contributed by atoms with Crippen molar-refractivity contribution in [3.05, 3.63) is 45.1 Å². The van der Waals surface area contributed by atoms with Gasteiger partial charge in [-0.05, 0) is 29.8 Å². The number of methoxy groups -OCH3 is 1. The van der Waals surface area contributed by atoms with Gasteiger partial charge in [0.1, 0.15) is 6.61 Å². The Morgan fingerprint density at radius 3 is 2.62 bits per heavy atom. The fourth-order valence-corrected chi connectivity index (χ4v) is 2.84. The Morgan fingerprint density at radius 1 is 1.19 bits per heavy atom. The fraction of sp³-hybridized carbons (Fsp3) is 0.375. The zero-order chi connectivity index (χ0) is 15.2. The number of nitrogens with one attached hydrogen (secondary N) is 1.